The lowest BCUT2D eigenvalue weighted by atomic mass is 9.93. The first kappa shape index (κ1) is 19.9. The third-order valence-electron chi connectivity index (χ3n) is 4.85. The summed E-state index contributed by atoms with van der Waals surface area (Å²) in [7, 11) is 0. The Morgan fingerprint density at radius 3 is 2.52 bits per heavy atom. The highest BCUT2D eigenvalue weighted by Gasteiger charge is 2.25. The molecule has 0 radical (unpaired) electrons. The number of aromatic nitrogens is 2. The van der Waals surface area contributed by atoms with Crippen LogP contribution in [-0.4, -0.2) is 15.2 Å². The van der Waals surface area contributed by atoms with E-state index in [1.165, 1.54) is 5.56 Å². The van der Waals surface area contributed by atoms with Gasteiger partial charge in [0.25, 0.3) is 0 Å². The standard InChI is InChI=1S/C22H24Cl2N2O/c1-22(12-14-26-15-13-25-17-26,11-10-18-6-8-20(23)9-7-18)27-16-19-4-2-3-5-21(19)24/h2-9,13,15,17H,10-12,14,16H2,1H3. The van der Waals surface area contributed by atoms with E-state index in [0.29, 0.717) is 6.61 Å². The van der Waals surface area contributed by atoms with Crippen LogP contribution < -0.4 is 0 Å². The minimum Gasteiger partial charge on any atom is -0.370 e. The summed E-state index contributed by atoms with van der Waals surface area (Å²) in [6.07, 6.45) is 8.35. The summed E-state index contributed by atoms with van der Waals surface area (Å²) < 4.78 is 8.48. The molecule has 0 N–H and O–H groups in total. The quantitative estimate of drug-likeness (QED) is 0.426. The third kappa shape index (κ3) is 6.10. The van der Waals surface area contributed by atoms with Crippen molar-refractivity contribution in [2.24, 2.45) is 0 Å². The Morgan fingerprint density at radius 2 is 1.81 bits per heavy atom. The van der Waals surface area contributed by atoms with Crippen molar-refractivity contribution in [1.82, 2.24) is 9.55 Å². The van der Waals surface area contributed by atoms with Gasteiger partial charge in [-0.25, -0.2) is 4.98 Å². The largest absolute Gasteiger partial charge is 0.370 e. The van der Waals surface area contributed by atoms with E-state index in [1.54, 1.807) is 6.20 Å². The molecule has 0 spiro atoms. The van der Waals surface area contributed by atoms with Crippen molar-refractivity contribution in [3.8, 4) is 0 Å². The Labute approximate surface area is 170 Å². The van der Waals surface area contributed by atoms with Crippen LogP contribution in [0.3, 0.4) is 0 Å². The molecule has 0 aliphatic carbocycles. The third-order valence-corrected chi connectivity index (χ3v) is 5.47. The second-order valence-corrected chi connectivity index (χ2v) is 7.85. The van der Waals surface area contributed by atoms with E-state index >= 15 is 0 Å². The maximum Gasteiger partial charge on any atom is 0.0945 e. The van der Waals surface area contributed by atoms with Crippen molar-refractivity contribution in [2.75, 3.05) is 0 Å². The minimum absolute atomic E-state index is 0.275. The molecule has 1 unspecified atom stereocenters. The summed E-state index contributed by atoms with van der Waals surface area (Å²) in [4.78, 5) is 4.12. The van der Waals surface area contributed by atoms with Gasteiger partial charge in [0.2, 0.25) is 0 Å². The SMILES string of the molecule is CC(CCc1ccc(Cl)cc1)(CCn1ccnc1)OCc1ccccc1Cl. The molecule has 3 aromatic rings. The zero-order chi connectivity index (χ0) is 19.1. The average molecular weight is 403 g/mol. The molecule has 3 nitrogen and oxygen atoms in total. The summed E-state index contributed by atoms with van der Waals surface area (Å²) in [6.45, 7) is 3.54. The predicted molar refractivity (Wildman–Crippen MR) is 111 cm³/mol. The van der Waals surface area contributed by atoms with Gasteiger partial charge >= 0.3 is 0 Å². The fraction of sp³-hybridized carbons (Fsp3) is 0.318. The van der Waals surface area contributed by atoms with Gasteiger partial charge in [-0.3, -0.25) is 0 Å². The van der Waals surface area contributed by atoms with Gasteiger partial charge in [0.1, 0.15) is 0 Å². The summed E-state index contributed by atoms with van der Waals surface area (Å²) in [5.41, 5.74) is 2.00. The molecule has 1 aromatic heterocycles. The van der Waals surface area contributed by atoms with E-state index in [-0.39, 0.29) is 5.60 Å². The van der Waals surface area contributed by atoms with E-state index in [1.807, 2.05) is 48.9 Å². The number of ether oxygens (including phenoxy) is 1. The normalized spacial score (nSPS) is 13.4. The first-order chi connectivity index (χ1) is 13.0. The number of benzene rings is 2. The van der Waals surface area contributed by atoms with Crippen molar-refractivity contribution < 1.29 is 4.74 Å². The number of rotatable bonds is 9. The summed E-state index contributed by atoms with van der Waals surface area (Å²) in [5, 5.41) is 1.50. The molecule has 0 aliphatic rings. The highest BCUT2D eigenvalue weighted by atomic mass is 35.5. The molecule has 142 valence electrons. The monoisotopic (exact) mass is 402 g/mol. The lowest BCUT2D eigenvalue weighted by Gasteiger charge is -2.31. The number of imidazole rings is 1. The van der Waals surface area contributed by atoms with Crippen LogP contribution in [0.1, 0.15) is 30.9 Å². The maximum absolute atomic E-state index is 6.40. The van der Waals surface area contributed by atoms with Crippen LogP contribution in [0.25, 0.3) is 0 Å². The lowest BCUT2D eigenvalue weighted by molar-refractivity contribution is -0.0569. The lowest BCUT2D eigenvalue weighted by Crippen LogP contribution is -2.31. The number of nitrogens with zero attached hydrogens (tertiary/aromatic N) is 2. The van der Waals surface area contributed by atoms with Gasteiger partial charge < -0.3 is 9.30 Å². The fourth-order valence-corrected chi connectivity index (χ4v) is 3.30. The Morgan fingerprint density at radius 1 is 1.04 bits per heavy atom. The summed E-state index contributed by atoms with van der Waals surface area (Å²) in [6, 6.07) is 15.9. The second-order valence-electron chi connectivity index (χ2n) is 7.01. The molecular formula is C22H24Cl2N2O. The molecule has 3 rings (SSSR count). The summed E-state index contributed by atoms with van der Waals surface area (Å²) in [5.74, 6) is 0. The number of hydrogen-bond donors (Lipinski definition) is 0. The van der Waals surface area contributed by atoms with Gasteiger partial charge in [-0.05, 0) is 55.5 Å². The molecule has 0 aliphatic heterocycles. The fourth-order valence-electron chi connectivity index (χ4n) is 2.98. The molecular weight excluding hydrogens is 379 g/mol. The Balaban J connectivity index is 1.66. The number of aryl methyl sites for hydroxylation is 2. The van der Waals surface area contributed by atoms with Crippen LogP contribution in [-0.2, 0) is 24.3 Å². The molecule has 0 saturated heterocycles. The van der Waals surface area contributed by atoms with E-state index in [9.17, 15) is 0 Å². The Bertz CT molecular complexity index is 834. The van der Waals surface area contributed by atoms with E-state index < -0.39 is 0 Å². The van der Waals surface area contributed by atoms with Gasteiger partial charge in [0.05, 0.1) is 18.5 Å². The van der Waals surface area contributed by atoms with Gasteiger partial charge in [-0.1, -0.05) is 53.5 Å². The van der Waals surface area contributed by atoms with Crippen molar-refractivity contribution in [3.05, 3.63) is 88.4 Å². The number of hydrogen-bond acceptors (Lipinski definition) is 2. The van der Waals surface area contributed by atoms with Crippen LogP contribution >= 0.6 is 23.2 Å². The van der Waals surface area contributed by atoms with Crippen molar-refractivity contribution in [1.29, 1.82) is 0 Å². The van der Waals surface area contributed by atoms with Crippen LogP contribution in [0.5, 0.6) is 0 Å². The van der Waals surface area contributed by atoms with Crippen LogP contribution in [0, 0.1) is 0 Å². The molecule has 2 aromatic carbocycles. The highest BCUT2D eigenvalue weighted by Crippen LogP contribution is 2.27. The minimum atomic E-state index is -0.275. The van der Waals surface area contributed by atoms with E-state index in [0.717, 1.165) is 41.4 Å². The molecule has 1 atom stereocenters. The van der Waals surface area contributed by atoms with Crippen molar-refractivity contribution >= 4 is 23.2 Å². The van der Waals surface area contributed by atoms with E-state index in [4.69, 9.17) is 27.9 Å². The zero-order valence-electron chi connectivity index (χ0n) is 15.4. The topological polar surface area (TPSA) is 27.1 Å². The van der Waals surface area contributed by atoms with Gasteiger partial charge in [-0.15, -0.1) is 0 Å². The molecule has 0 bridgehead atoms. The van der Waals surface area contributed by atoms with Crippen LogP contribution in [0.15, 0.2) is 67.3 Å². The predicted octanol–water partition coefficient (Wildman–Crippen LogP) is 6.19. The van der Waals surface area contributed by atoms with Gasteiger partial charge in [0.15, 0.2) is 0 Å². The second kappa shape index (κ2) is 9.41. The maximum atomic E-state index is 6.40. The molecule has 0 saturated carbocycles. The first-order valence-corrected chi connectivity index (χ1v) is 9.87. The first-order valence-electron chi connectivity index (χ1n) is 9.12. The van der Waals surface area contributed by atoms with Crippen molar-refractivity contribution in [2.45, 2.75) is 44.9 Å². The molecule has 0 fully saturated rings. The van der Waals surface area contributed by atoms with Gasteiger partial charge in [0, 0.05) is 29.0 Å². The average Bonchev–Trinajstić information content (AvgIpc) is 3.19. The van der Waals surface area contributed by atoms with Crippen molar-refractivity contribution in [3.63, 3.8) is 0 Å². The molecule has 0 amide bonds. The Hall–Kier alpha value is -1.81. The van der Waals surface area contributed by atoms with E-state index in [2.05, 4.69) is 28.6 Å². The highest BCUT2D eigenvalue weighted by molar-refractivity contribution is 6.31. The smallest absolute Gasteiger partial charge is 0.0945 e. The van der Waals surface area contributed by atoms with Gasteiger partial charge in [-0.2, -0.15) is 0 Å². The molecule has 1 heterocycles. The Kier molecular flexibility index (Phi) is 6.95. The van der Waals surface area contributed by atoms with Crippen LogP contribution in [0.4, 0.5) is 0 Å². The summed E-state index contributed by atoms with van der Waals surface area (Å²) >= 11 is 12.3. The number of halogens is 2. The van der Waals surface area contributed by atoms with Crippen LogP contribution in [0.2, 0.25) is 10.0 Å². The zero-order valence-corrected chi connectivity index (χ0v) is 17.0. The molecule has 5 heteroatoms. The molecule has 27 heavy (non-hydrogen) atoms.